The van der Waals surface area contributed by atoms with E-state index in [4.69, 9.17) is 5.73 Å². The molecule has 1 aromatic heterocycles. The van der Waals surface area contributed by atoms with E-state index in [2.05, 4.69) is 29.1 Å². The molecule has 0 fully saturated rings. The zero-order chi connectivity index (χ0) is 12.8. The Bertz CT molecular complexity index is 377. The van der Waals surface area contributed by atoms with Gasteiger partial charge in [-0.25, -0.2) is 4.98 Å². The molecule has 17 heavy (non-hydrogen) atoms. The summed E-state index contributed by atoms with van der Waals surface area (Å²) in [6.45, 7) is 6.25. The van der Waals surface area contributed by atoms with Crippen molar-refractivity contribution in [3.05, 3.63) is 18.1 Å². The quantitative estimate of drug-likeness (QED) is 0.814. The zero-order valence-corrected chi connectivity index (χ0v) is 10.6. The van der Waals surface area contributed by atoms with Crippen LogP contribution in [0.2, 0.25) is 0 Å². The maximum atomic E-state index is 11.9. The lowest BCUT2D eigenvalue weighted by Crippen LogP contribution is -2.38. The third kappa shape index (κ3) is 3.69. The van der Waals surface area contributed by atoms with Crippen molar-refractivity contribution in [2.75, 3.05) is 5.73 Å². The molecule has 1 aromatic rings. The molecule has 1 heterocycles. The van der Waals surface area contributed by atoms with Crippen LogP contribution in [0.5, 0.6) is 0 Å². The molecule has 0 bridgehead atoms. The lowest BCUT2D eigenvalue weighted by Gasteiger charge is -2.22. The van der Waals surface area contributed by atoms with E-state index in [0.717, 1.165) is 12.8 Å². The second-order valence-corrected chi connectivity index (χ2v) is 4.17. The molecule has 0 saturated heterocycles. The Hall–Kier alpha value is -1.65. The number of amides is 1. The number of anilines is 1. The predicted octanol–water partition coefficient (Wildman–Crippen LogP) is 1.61. The first-order chi connectivity index (χ1) is 8.08. The minimum Gasteiger partial charge on any atom is -0.382 e. The van der Waals surface area contributed by atoms with Gasteiger partial charge in [0.15, 0.2) is 0 Å². The number of rotatable bonds is 5. The lowest BCUT2D eigenvalue weighted by atomic mass is 9.95. The molecule has 1 rings (SSSR count). The van der Waals surface area contributed by atoms with Crippen LogP contribution in [0.15, 0.2) is 12.4 Å². The van der Waals surface area contributed by atoms with E-state index < -0.39 is 0 Å². The van der Waals surface area contributed by atoms with Gasteiger partial charge in [0.2, 0.25) is 0 Å². The maximum absolute atomic E-state index is 11.9. The van der Waals surface area contributed by atoms with Gasteiger partial charge in [-0.1, -0.05) is 26.7 Å². The predicted molar refractivity (Wildman–Crippen MR) is 67.4 cm³/mol. The van der Waals surface area contributed by atoms with Crippen LogP contribution in [0.25, 0.3) is 0 Å². The Morgan fingerprint density at radius 2 is 2.06 bits per heavy atom. The van der Waals surface area contributed by atoms with Crippen LogP contribution in [0.4, 0.5) is 5.82 Å². The molecule has 0 aliphatic heterocycles. The number of nitrogens with zero attached hydrogens (tertiary/aromatic N) is 2. The molecule has 94 valence electrons. The van der Waals surface area contributed by atoms with Crippen LogP contribution in [-0.2, 0) is 0 Å². The summed E-state index contributed by atoms with van der Waals surface area (Å²) in [5.41, 5.74) is 5.75. The highest BCUT2D eigenvalue weighted by molar-refractivity contribution is 5.92. The average molecular weight is 236 g/mol. The molecular formula is C12H20N4O. The molecule has 1 atom stereocenters. The van der Waals surface area contributed by atoms with Crippen LogP contribution < -0.4 is 11.1 Å². The Labute approximate surface area is 102 Å². The fraction of sp³-hybridized carbons (Fsp3) is 0.583. The minimum absolute atomic E-state index is 0.126. The smallest absolute Gasteiger partial charge is 0.271 e. The number of carbonyl (C=O) groups excluding carboxylic acids is 1. The van der Waals surface area contributed by atoms with Crippen molar-refractivity contribution in [1.29, 1.82) is 0 Å². The maximum Gasteiger partial charge on any atom is 0.271 e. The van der Waals surface area contributed by atoms with E-state index in [1.165, 1.54) is 12.4 Å². The van der Waals surface area contributed by atoms with Gasteiger partial charge in [0.05, 0.1) is 12.4 Å². The van der Waals surface area contributed by atoms with Gasteiger partial charge in [-0.2, -0.15) is 0 Å². The van der Waals surface area contributed by atoms with E-state index >= 15 is 0 Å². The molecule has 0 aliphatic rings. The Kier molecular flexibility index (Phi) is 4.87. The van der Waals surface area contributed by atoms with E-state index in [1.807, 2.05) is 6.92 Å². The Balaban J connectivity index is 2.66. The molecule has 3 N–H and O–H groups in total. The fourth-order valence-electron chi connectivity index (χ4n) is 1.88. The van der Waals surface area contributed by atoms with E-state index in [9.17, 15) is 4.79 Å². The highest BCUT2D eigenvalue weighted by atomic mass is 16.1. The van der Waals surface area contributed by atoms with Crippen molar-refractivity contribution < 1.29 is 4.79 Å². The molecule has 0 saturated carbocycles. The van der Waals surface area contributed by atoms with Gasteiger partial charge in [-0.15, -0.1) is 0 Å². The Morgan fingerprint density at radius 3 is 2.59 bits per heavy atom. The minimum atomic E-state index is -0.218. The first kappa shape index (κ1) is 13.4. The third-order valence-electron chi connectivity index (χ3n) is 3.00. The second kappa shape index (κ2) is 6.18. The highest BCUT2D eigenvalue weighted by Crippen LogP contribution is 2.13. The first-order valence-electron chi connectivity index (χ1n) is 5.96. The van der Waals surface area contributed by atoms with Crippen molar-refractivity contribution >= 4 is 11.7 Å². The molecule has 0 spiro atoms. The third-order valence-corrected chi connectivity index (χ3v) is 3.00. The molecule has 1 unspecified atom stereocenters. The van der Waals surface area contributed by atoms with Crippen molar-refractivity contribution in [2.24, 2.45) is 5.92 Å². The van der Waals surface area contributed by atoms with E-state index in [1.54, 1.807) is 0 Å². The number of nitrogen functional groups attached to an aromatic ring is 1. The summed E-state index contributed by atoms with van der Waals surface area (Å²) >= 11 is 0. The van der Waals surface area contributed by atoms with E-state index in [-0.39, 0.29) is 23.5 Å². The monoisotopic (exact) mass is 236 g/mol. The SMILES string of the molecule is CCC(CC)C(C)NC(=O)c1cncc(N)n1. The van der Waals surface area contributed by atoms with Crippen LogP contribution in [0.1, 0.15) is 44.1 Å². The lowest BCUT2D eigenvalue weighted by molar-refractivity contribution is 0.0920. The number of hydrogen-bond acceptors (Lipinski definition) is 4. The molecule has 0 radical (unpaired) electrons. The zero-order valence-electron chi connectivity index (χ0n) is 10.6. The van der Waals surface area contributed by atoms with Crippen LogP contribution in [0, 0.1) is 5.92 Å². The number of aromatic nitrogens is 2. The van der Waals surface area contributed by atoms with Gasteiger partial charge < -0.3 is 11.1 Å². The summed E-state index contributed by atoms with van der Waals surface area (Å²) < 4.78 is 0. The summed E-state index contributed by atoms with van der Waals surface area (Å²) in [5, 5.41) is 2.93. The van der Waals surface area contributed by atoms with Gasteiger partial charge in [-0.05, 0) is 12.8 Å². The Morgan fingerprint density at radius 1 is 1.41 bits per heavy atom. The summed E-state index contributed by atoms with van der Waals surface area (Å²) in [5.74, 6) is 0.519. The van der Waals surface area contributed by atoms with Crippen molar-refractivity contribution in [3.63, 3.8) is 0 Å². The molecule has 5 heteroatoms. The number of carbonyl (C=O) groups is 1. The fourth-order valence-corrected chi connectivity index (χ4v) is 1.88. The molecule has 1 amide bonds. The highest BCUT2D eigenvalue weighted by Gasteiger charge is 2.17. The van der Waals surface area contributed by atoms with Crippen LogP contribution in [0.3, 0.4) is 0 Å². The van der Waals surface area contributed by atoms with Crippen molar-refractivity contribution in [1.82, 2.24) is 15.3 Å². The number of nitrogens with one attached hydrogen (secondary N) is 1. The van der Waals surface area contributed by atoms with Gasteiger partial charge in [0.25, 0.3) is 5.91 Å². The molecule has 5 nitrogen and oxygen atoms in total. The summed E-state index contributed by atoms with van der Waals surface area (Å²) in [6, 6.07) is 0.126. The summed E-state index contributed by atoms with van der Waals surface area (Å²) in [7, 11) is 0. The topological polar surface area (TPSA) is 80.9 Å². The second-order valence-electron chi connectivity index (χ2n) is 4.17. The van der Waals surface area contributed by atoms with E-state index in [0.29, 0.717) is 5.92 Å². The van der Waals surface area contributed by atoms with Crippen LogP contribution >= 0.6 is 0 Å². The normalized spacial score (nSPS) is 12.5. The van der Waals surface area contributed by atoms with Gasteiger partial charge >= 0.3 is 0 Å². The van der Waals surface area contributed by atoms with Crippen LogP contribution in [-0.4, -0.2) is 21.9 Å². The molecule has 0 aliphatic carbocycles. The van der Waals surface area contributed by atoms with Gasteiger partial charge in [-0.3, -0.25) is 9.78 Å². The number of hydrogen-bond donors (Lipinski definition) is 2. The largest absolute Gasteiger partial charge is 0.382 e. The average Bonchev–Trinajstić information content (AvgIpc) is 2.30. The summed E-state index contributed by atoms with van der Waals surface area (Å²) in [4.78, 5) is 19.7. The van der Waals surface area contributed by atoms with Gasteiger partial charge in [0.1, 0.15) is 11.5 Å². The van der Waals surface area contributed by atoms with Crippen molar-refractivity contribution in [3.8, 4) is 0 Å². The van der Waals surface area contributed by atoms with Crippen molar-refractivity contribution in [2.45, 2.75) is 39.7 Å². The number of nitrogens with two attached hydrogens (primary N) is 1. The standard InChI is InChI=1S/C12H20N4O/c1-4-9(5-2)8(3)15-12(17)10-6-14-7-11(13)16-10/h6-9H,4-5H2,1-3H3,(H2,13,16)(H,15,17). The molecular weight excluding hydrogens is 216 g/mol. The molecule has 0 aromatic carbocycles. The van der Waals surface area contributed by atoms with Gasteiger partial charge in [0, 0.05) is 6.04 Å². The first-order valence-corrected chi connectivity index (χ1v) is 5.96. The summed E-state index contributed by atoms with van der Waals surface area (Å²) in [6.07, 6.45) is 4.92.